The van der Waals surface area contributed by atoms with Gasteiger partial charge in [0.05, 0.1) is 22.0 Å². The number of aromatic nitrogens is 3. The number of para-hydroxylation sites is 1. The summed E-state index contributed by atoms with van der Waals surface area (Å²) in [5.41, 5.74) is 4.25. The van der Waals surface area contributed by atoms with Crippen molar-refractivity contribution in [2.75, 3.05) is 0 Å². The number of hydrogen-bond acceptors (Lipinski definition) is 3. The summed E-state index contributed by atoms with van der Waals surface area (Å²) in [7, 11) is 0. The minimum absolute atomic E-state index is 0.207. The summed E-state index contributed by atoms with van der Waals surface area (Å²) in [5, 5.41) is 5.26. The molecule has 1 amide bonds. The van der Waals surface area contributed by atoms with Crippen LogP contribution in [0, 0.1) is 0 Å². The third kappa shape index (κ3) is 3.48. The number of fused-ring (bicyclic) bond motifs is 1. The van der Waals surface area contributed by atoms with E-state index in [9.17, 15) is 18.0 Å². The normalized spacial score (nSPS) is 11.8. The van der Waals surface area contributed by atoms with Crippen LogP contribution in [-0.2, 0) is 6.18 Å². The van der Waals surface area contributed by atoms with Gasteiger partial charge in [-0.2, -0.15) is 13.2 Å². The predicted octanol–water partition coefficient (Wildman–Crippen LogP) is 5.51. The minimum atomic E-state index is -4.88. The fourth-order valence-corrected chi connectivity index (χ4v) is 3.44. The average Bonchev–Trinajstić information content (AvgIpc) is 3.05. The molecule has 152 valence electrons. The summed E-state index contributed by atoms with van der Waals surface area (Å²) >= 11 is 12.3. The maximum absolute atomic E-state index is 13.5. The molecule has 2 heterocycles. The van der Waals surface area contributed by atoms with Crippen LogP contribution in [0.15, 0.2) is 54.6 Å². The molecule has 0 bridgehead atoms. The lowest BCUT2D eigenvalue weighted by Crippen LogP contribution is -2.20. The van der Waals surface area contributed by atoms with Crippen molar-refractivity contribution in [3.8, 4) is 16.9 Å². The first-order valence-electron chi connectivity index (χ1n) is 8.48. The smallest absolute Gasteiger partial charge is 0.366 e. The van der Waals surface area contributed by atoms with Gasteiger partial charge in [0.25, 0.3) is 5.91 Å². The van der Waals surface area contributed by atoms with E-state index in [2.05, 4.69) is 10.1 Å². The summed E-state index contributed by atoms with van der Waals surface area (Å²) in [6.45, 7) is 0. The Labute approximate surface area is 177 Å². The molecule has 0 spiro atoms. The summed E-state index contributed by atoms with van der Waals surface area (Å²) in [6.07, 6.45) is -4.88. The van der Waals surface area contributed by atoms with E-state index < -0.39 is 23.3 Å². The molecule has 0 atom stereocenters. The molecule has 0 saturated carbocycles. The van der Waals surface area contributed by atoms with Crippen LogP contribution < -0.4 is 5.73 Å². The number of pyridine rings is 1. The van der Waals surface area contributed by atoms with Crippen molar-refractivity contribution in [1.82, 2.24) is 14.8 Å². The van der Waals surface area contributed by atoms with Crippen LogP contribution in [0.1, 0.15) is 16.1 Å². The lowest BCUT2D eigenvalue weighted by Gasteiger charge is -2.11. The summed E-state index contributed by atoms with van der Waals surface area (Å²) in [5.74, 6) is -1.25. The van der Waals surface area contributed by atoms with Crippen LogP contribution in [-0.4, -0.2) is 20.7 Å². The first-order chi connectivity index (χ1) is 14.2. The van der Waals surface area contributed by atoms with Crippen LogP contribution in [0.5, 0.6) is 0 Å². The molecule has 5 nitrogen and oxygen atoms in total. The van der Waals surface area contributed by atoms with Crippen molar-refractivity contribution in [1.29, 1.82) is 0 Å². The number of carbonyl (C=O) groups excluding carboxylic acids is 1. The van der Waals surface area contributed by atoms with E-state index in [1.165, 1.54) is 4.68 Å². The van der Waals surface area contributed by atoms with Gasteiger partial charge in [-0.25, -0.2) is 9.67 Å². The quantitative estimate of drug-likeness (QED) is 0.446. The van der Waals surface area contributed by atoms with E-state index in [4.69, 9.17) is 28.9 Å². The predicted molar refractivity (Wildman–Crippen MR) is 108 cm³/mol. The van der Waals surface area contributed by atoms with E-state index in [-0.39, 0.29) is 11.0 Å². The van der Waals surface area contributed by atoms with Gasteiger partial charge >= 0.3 is 6.18 Å². The first kappa shape index (κ1) is 20.2. The lowest BCUT2D eigenvalue weighted by atomic mass is 10.1. The number of primary amides is 1. The first-order valence-corrected chi connectivity index (χ1v) is 9.24. The lowest BCUT2D eigenvalue weighted by molar-refractivity contribution is -0.141. The van der Waals surface area contributed by atoms with E-state index in [0.717, 1.165) is 6.07 Å². The molecule has 4 aromatic rings. The number of amides is 1. The highest BCUT2D eigenvalue weighted by Gasteiger charge is 2.38. The zero-order valence-corrected chi connectivity index (χ0v) is 16.4. The van der Waals surface area contributed by atoms with E-state index >= 15 is 0 Å². The van der Waals surface area contributed by atoms with Gasteiger partial charge in [0, 0.05) is 16.0 Å². The topological polar surface area (TPSA) is 73.8 Å². The molecule has 2 aromatic heterocycles. The Balaban J connectivity index is 2.13. The van der Waals surface area contributed by atoms with E-state index in [0.29, 0.717) is 27.0 Å². The zero-order valence-electron chi connectivity index (χ0n) is 14.9. The Morgan fingerprint density at radius 3 is 2.30 bits per heavy atom. The third-order valence-corrected chi connectivity index (χ3v) is 4.97. The summed E-state index contributed by atoms with van der Waals surface area (Å²) < 4.78 is 41.8. The van der Waals surface area contributed by atoms with Crippen molar-refractivity contribution >= 4 is 40.1 Å². The van der Waals surface area contributed by atoms with Crippen molar-refractivity contribution < 1.29 is 18.0 Å². The average molecular weight is 451 g/mol. The standard InChI is InChI=1S/C20H11Cl2F3N4O/c21-11-7-5-10(6-8-11)16-12-9-13(18(26)30)17(20(23,24)25)27-19(12)28-29(16)15-4-2-1-3-14(15)22/h1-9H,(H2,26,30). The molecule has 0 aliphatic heterocycles. The van der Waals surface area contributed by atoms with Gasteiger partial charge in [-0.15, -0.1) is 5.10 Å². The molecular formula is C20H11Cl2F3N4O. The van der Waals surface area contributed by atoms with Gasteiger partial charge in [0.15, 0.2) is 11.3 Å². The molecule has 0 fully saturated rings. The van der Waals surface area contributed by atoms with Crippen molar-refractivity contribution in [2.45, 2.75) is 6.18 Å². The van der Waals surface area contributed by atoms with Crippen LogP contribution in [0.2, 0.25) is 10.0 Å². The maximum Gasteiger partial charge on any atom is 0.434 e. The van der Waals surface area contributed by atoms with Crippen LogP contribution >= 0.6 is 23.2 Å². The van der Waals surface area contributed by atoms with Crippen molar-refractivity contribution in [3.63, 3.8) is 0 Å². The highest BCUT2D eigenvalue weighted by molar-refractivity contribution is 6.32. The molecule has 4 rings (SSSR count). The van der Waals surface area contributed by atoms with Gasteiger partial charge < -0.3 is 5.73 Å². The van der Waals surface area contributed by atoms with Crippen LogP contribution in [0.3, 0.4) is 0 Å². The van der Waals surface area contributed by atoms with Crippen molar-refractivity contribution in [3.05, 3.63) is 75.9 Å². The fourth-order valence-electron chi connectivity index (χ4n) is 3.10. The second kappa shape index (κ2) is 7.30. The second-order valence-corrected chi connectivity index (χ2v) is 7.18. The Hall–Kier alpha value is -3.10. The number of rotatable bonds is 3. The molecule has 2 N–H and O–H groups in total. The number of hydrogen-bond donors (Lipinski definition) is 1. The Kier molecular flexibility index (Phi) is 4.91. The summed E-state index contributed by atoms with van der Waals surface area (Å²) in [6, 6.07) is 14.4. The molecule has 30 heavy (non-hydrogen) atoms. The Bertz CT molecular complexity index is 1280. The second-order valence-electron chi connectivity index (χ2n) is 6.34. The molecule has 2 aromatic carbocycles. The van der Waals surface area contributed by atoms with Gasteiger partial charge in [-0.1, -0.05) is 47.5 Å². The van der Waals surface area contributed by atoms with E-state index in [1.54, 1.807) is 48.5 Å². The number of nitrogens with zero attached hydrogens (tertiary/aromatic N) is 3. The minimum Gasteiger partial charge on any atom is -0.366 e. The maximum atomic E-state index is 13.5. The van der Waals surface area contributed by atoms with Gasteiger partial charge in [0.1, 0.15) is 0 Å². The van der Waals surface area contributed by atoms with Crippen LogP contribution in [0.4, 0.5) is 13.2 Å². The fraction of sp³-hybridized carbons (Fsp3) is 0.0500. The Morgan fingerprint density at radius 2 is 1.70 bits per heavy atom. The zero-order chi connectivity index (χ0) is 21.6. The molecule has 10 heteroatoms. The molecule has 0 aliphatic rings. The van der Waals surface area contributed by atoms with Gasteiger partial charge in [0.2, 0.25) is 0 Å². The third-order valence-electron chi connectivity index (χ3n) is 4.40. The van der Waals surface area contributed by atoms with Gasteiger partial charge in [-0.3, -0.25) is 4.79 Å². The molecular weight excluding hydrogens is 440 g/mol. The number of alkyl halides is 3. The number of halogens is 5. The highest BCUT2D eigenvalue weighted by atomic mass is 35.5. The molecule has 0 unspecified atom stereocenters. The number of nitrogens with two attached hydrogens (primary N) is 1. The SMILES string of the molecule is NC(=O)c1cc2c(-c3ccc(Cl)cc3)n(-c3ccccc3Cl)nc2nc1C(F)(F)F. The van der Waals surface area contributed by atoms with E-state index in [1.807, 2.05) is 0 Å². The molecule has 0 aliphatic carbocycles. The van der Waals surface area contributed by atoms with Gasteiger partial charge in [-0.05, 0) is 30.3 Å². The highest BCUT2D eigenvalue weighted by Crippen LogP contribution is 2.37. The monoisotopic (exact) mass is 450 g/mol. The van der Waals surface area contributed by atoms with Crippen molar-refractivity contribution in [2.24, 2.45) is 5.73 Å². The number of carbonyl (C=O) groups is 1. The number of benzene rings is 2. The molecule has 0 saturated heterocycles. The summed E-state index contributed by atoms with van der Waals surface area (Å²) in [4.78, 5) is 15.4. The van der Waals surface area contributed by atoms with Crippen LogP contribution in [0.25, 0.3) is 28.0 Å². The Morgan fingerprint density at radius 1 is 1.03 bits per heavy atom. The molecule has 0 radical (unpaired) electrons. The largest absolute Gasteiger partial charge is 0.434 e.